The molecule has 0 unspecified atom stereocenters. The van der Waals surface area contributed by atoms with E-state index in [1.807, 2.05) is 6.07 Å². The lowest BCUT2D eigenvalue weighted by Gasteiger charge is -2.15. The SMILES string of the molecule is C[C@@H](CCCCc1cccc(C(F)(F)F)c1)c1cccc2ccccc12. The van der Waals surface area contributed by atoms with Gasteiger partial charge in [-0.15, -0.1) is 0 Å². The van der Waals surface area contributed by atoms with E-state index in [0.717, 1.165) is 30.9 Å². The maximum atomic E-state index is 12.8. The van der Waals surface area contributed by atoms with Gasteiger partial charge in [-0.25, -0.2) is 0 Å². The van der Waals surface area contributed by atoms with Gasteiger partial charge >= 0.3 is 6.18 Å². The summed E-state index contributed by atoms with van der Waals surface area (Å²) < 4.78 is 38.3. The molecule has 0 heterocycles. The molecule has 0 aliphatic heterocycles. The van der Waals surface area contributed by atoms with Crippen LogP contribution in [0.3, 0.4) is 0 Å². The molecule has 0 aliphatic rings. The van der Waals surface area contributed by atoms with E-state index in [-0.39, 0.29) is 0 Å². The average molecular weight is 356 g/mol. The summed E-state index contributed by atoms with van der Waals surface area (Å²) in [5, 5.41) is 2.54. The summed E-state index contributed by atoms with van der Waals surface area (Å²) in [6.07, 6.45) is -0.644. The molecule has 0 saturated heterocycles. The van der Waals surface area contributed by atoms with Gasteiger partial charge < -0.3 is 0 Å². The molecule has 0 spiro atoms. The van der Waals surface area contributed by atoms with Crippen LogP contribution in [0.1, 0.15) is 48.8 Å². The molecule has 0 fully saturated rings. The number of rotatable bonds is 6. The lowest BCUT2D eigenvalue weighted by molar-refractivity contribution is -0.137. The molecule has 3 aromatic carbocycles. The second-order valence-electron chi connectivity index (χ2n) is 6.91. The van der Waals surface area contributed by atoms with E-state index in [9.17, 15) is 13.2 Å². The van der Waals surface area contributed by atoms with Crippen molar-refractivity contribution < 1.29 is 13.2 Å². The van der Waals surface area contributed by atoms with Crippen molar-refractivity contribution in [3.63, 3.8) is 0 Å². The zero-order valence-corrected chi connectivity index (χ0v) is 14.9. The highest BCUT2D eigenvalue weighted by molar-refractivity contribution is 5.86. The Bertz CT molecular complexity index is 859. The molecule has 3 heteroatoms. The molecule has 0 nitrogen and oxygen atoms in total. The third-order valence-electron chi connectivity index (χ3n) is 4.96. The van der Waals surface area contributed by atoms with Crippen LogP contribution >= 0.6 is 0 Å². The number of halogens is 3. The van der Waals surface area contributed by atoms with Gasteiger partial charge in [0.05, 0.1) is 5.56 Å². The molecule has 0 aromatic heterocycles. The summed E-state index contributed by atoms with van der Waals surface area (Å²) in [7, 11) is 0. The molecule has 0 saturated carbocycles. The van der Waals surface area contributed by atoms with Crippen LogP contribution < -0.4 is 0 Å². The van der Waals surface area contributed by atoms with Crippen molar-refractivity contribution >= 4 is 10.8 Å². The Morgan fingerprint density at radius 2 is 1.58 bits per heavy atom. The highest BCUT2D eigenvalue weighted by atomic mass is 19.4. The molecule has 0 radical (unpaired) electrons. The quantitative estimate of drug-likeness (QED) is 0.404. The lowest BCUT2D eigenvalue weighted by atomic mass is 9.90. The van der Waals surface area contributed by atoms with Crippen LogP contribution in [-0.2, 0) is 12.6 Å². The van der Waals surface area contributed by atoms with E-state index in [1.165, 1.54) is 28.5 Å². The maximum absolute atomic E-state index is 12.8. The van der Waals surface area contributed by atoms with E-state index in [2.05, 4.69) is 43.3 Å². The van der Waals surface area contributed by atoms with Crippen molar-refractivity contribution in [3.8, 4) is 0 Å². The summed E-state index contributed by atoms with van der Waals surface area (Å²) >= 11 is 0. The lowest BCUT2D eigenvalue weighted by Crippen LogP contribution is -2.05. The summed E-state index contributed by atoms with van der Waals surface area (Å²) in [5.74, 6) is 0.433. The molecule has 3 aromatic rings. The highest BCUT2D eigenvalue weighted by Gasteiger charge is 2.30. The van der Waals surface area contributed by atoms with Gasteiger partial charge in [0.1, 0.15) is 0 Å². The molecule has 0 amide bonds. The Balaban J connectivity index is 1.57. The van der Waals surface area contributed by atoms with Crippen LogP contribution in [0.2, 0.25) is 0 Å². The standard InChI is InChI=1S/C23H23F3/c1-17(21-15-7-12-19-11-4-5-14-22(19)21)8-2-3-9-18-10-6-13-20(16-18)23(24,25)26/h4-7,10-17H,2-3,8-9H2,1H3/t17-/m0/s1. The summed E-state index contributed by atoms with van der Waals surface area (Å²) in [6, 6.07) is 20.5. The van der Waals surface area contributed by atoms with Gasteiger partial charge in [0.2, 0.25) is 0 Å². The molecule has 0 aliphatic carbocycles. The van der Waals surface area contributed by atoms with Crippen molar-refractivity contribution in [2.45, 2.75) is 44.7 Å². The van der Waals surface area contributed by atoms with Crippen LogP contribution in [0.5, 0.6) is 0 Å². The molecule has 0 N–H and O–H groups in total. The normalized spacial score (nSPS) is 13.1. The first-order chi connectivity index (χ1) is 12.4. The summed E-state index contributed by atoms with van der Waals surface area (Å²) in [5.41, 5.74) is 1.55. The molecular weight excluding hydrogens is 333 g/mol. The van der Waals surface area contributed by atoms with Crippen molar-refractivity contribution in [1.82, 2.24) is 0 Å². The fraction of sp³-hybridized carbons (Fsp3) is 0.304. The van der Waals surface area contributed by atoms with Crippen LogP contribution in [0.25, 0.3) is 10.8 Å². The second-order valence-corrected chi connectivity index (χ2v) is 6.91. The van der Waals surface area contributed by atoms with Crippen molar-refractivity contribution in [2.75, 3.05) is 0 Å². The first-order valence-corrected chi connectivity index (χ1v) is 9.09. The zero-order valence-electron chi connectivity index (χ0n) is 14.9. The van der Waals surface area contributed by atoms with E-state index in [4.69, 9.17) is 0 Å². The minimum absolute atomic E-state index is 0.433. The number of hydrogen-bond acceptors (Lipinski definition) is 0. The van der Waals surface area contributed by atoms with Gasteiger partial charge in [-0.3, -0.25) is 0 Å². The maximum Gasteiger partial charge on any atom is 0.416 e. The number of aryl methyl sites for hydroxylation is 1. The van der Waals surface area contributed by atoms with Crippen molar-refractivity contribution in [1.29, 1.82) is 0 Å². The molecule has 3 rings (SSSR count). The predicted octanol–water partition coefficient (Wildman–Crippen LogP) is 7.38. The summed E-state index contributed by atoms with van der Waals surface area (Å²) in [4.78, 5) is 0. The van der Waals surface area contributed by atoms with Crippen LogP contribution in [-0.4, -0.2) is 0 Å². The van der Waals surface area contributed by atoms with E-state index in [0.29, 0.717) is 12.3 Å². The third-order valence-corrected chi connectivity index (χ3v) is 4.96. The fourth-order valence-corrected chi connectivity index (χ4v) is 3.52. The Kier molecular flexibility index (Phi) is 5.65. The largest absolute Gasteiger partial charge is 0.416 e. The van der Waals surface area contributed by atoms with Crippen molar-refractivity contribution in [3.05, 3.63) is 83.4 Å². The Hall–Kier alpha value is -2.29. The first-order valence-electron chi connectivity index (χ1n) is 9.09. The smallest absolute Gasteiger partial charge is 0.166 e. The topological polar surface area (TPSA) is 0 Å². The molecule has 0 bridgehead atoms. The van der Waals surface area contributed by atoms with Crippen LogP contribution in [0, 0.1) is 0 Å². The monoisotopic (exact) mass is 356 g/mol. The van der Waals surface area contributed by atoms with Crippen molar-refractivity contribution in [2.24, 2.45) is 0 Å². The first kappa shape index (κ1) is 18.5. The van der Waals surface area contributed by atoms with Gasteiger partial charge in [-0.05, 0) is 53.1 Å². The number of hydrogen-bond donors (Lipinski definition) is 0. The predicted molar refractivity (Wildman–Crippen MR) is 101 cm³/mol. The second kappa shape index (κ2) is 7.94. The highest BCUT2D eigenvalue weighted by Crippen LogP contribution is 2.31. The number of alkyl halides is 3. The Morgan fingerprint density at radius 3 is 2.38 bits per heavy atom. The minimum Gasteiger partial charge on any atom is -0.166 e. The number of fused-ring (bicyclic) bond motifs is 1. The number of unbranched alkanes of at least 4 members (excludes halogenated alkanes) is 1. The van der Waals surface area contributed by atoms with Gasteiger partial charge in [0.25, 0.3) is 0 Å². The van der Waals surface area contributed by atoms with Crippen LogP contribution in [0.4, 0.5) is 13.2 Å². The van der Waals surface area contributed by atoms with Gasteiger partial charge in [0.15, 0.2) is 0 Å². The molecular formula is C23H23F3. The minimum atomic E-state index is -4.26. The van der Waals surface area contributed by atoms with Gasteiger partial charge in [-0.2, -0.15) is 13.2 Å². The molecule has 1 atom stereocenters. The van der Waals surface area contributed by atoms with Gasteiger partial charge in [0, 0.05) is 0 Å². The molecule has 26 heavy (non-hydrogen) atoms. The van der Waals surface area contributed by atoms with Crippen LogP contribution in [0.15, 0.2) is 66.7 Å². The zero-order chi connectivity index (χ0) is 18.6. The third kappa shape index (κ3) is 4.46. The van der Waals surface area contributed by atoms with Gasteiger partial charge in [-0.1, -0.05) is 74.0 Å². The Labute approximate surface area is 152 Å². The average Bonchev–Trinajstić information content (AvgIpc) is 2.64. The van der Waals surface area contributed by atoms with E-state index >= 15 is 0 Å². The number of benzene rings is 3. The fourth-order valence-electron chi connectivity index (χ4n) is 3.52. The van der Waals surface area contributed by atoms with E-state index in [1.54, 1.807) is 6.07 Å². The Morgan fingerprint density at radius 1 is 0.846 bits per heavy atom. The summed E-state index contributed by atoms with van der Waals surface area (Å²) in [6.45, 7) is 2.23. The van der Waals surface area contributed by atoms with E-state index < -0.39 is 11.7 Å². The molecule has 136 valence electrons.